The molecule has 0 atom stereocenters. The van der Waals surface area contributed by atoms with Gasteiger partial charge in [-0.1, -0.05) is 30.3 Å². The minimum Gasteiger partial charge on any atom is -0.497 e. The number of hydrogen-bond donors (Lipinski definition) is 0. The van der Waals surface area contributed by atoms with E-state index in [1.807, 2.05) is 67.7 Å². The lowest BCUT2D eigenvalue weighted by atomic mass is 9.93. The summed E-state index contributed by atoms with van der Waals surface area (Å²) in [5, 5.41) is 14.7. The van der Waals surface area contributed by atoms with Crippen molar-refractivity contribution in [3.8, 4) is 34.5 Å². The molecule has 2 amide bonds. The molecular weight excluding hydrogens is 516 g/mol. The highest BCUT2D eigenvalue weighted by Crippen LogP contribution is 2.33. The molecule has 8 nitrogen and oxygen atoms in total. The lowest BCUT2D eigenvalue weighted by Gasteiger charge is -2.27. The molecule has 0 aliphatic carbocycles. The zero-order valence-electron chi connectivity index (χ0n) is 23.2. The number of imide groups is 1. The van der Waals surface area contributed by atoms with Crippen LogP contribution in [0.4, 0.5) is 0 Å². The largest absolute Gasteiger partial charge is 0.497 e. The minimum atomic E-state index is -0.617. The van der Waals surface area contributed by atoms with Gasteiger partial charge in [-0.2, -0.15) is 10.4 Å². The van der Waals surface area contributed by atoms with Crippen LogP contribution in [0.3, 0.4) is 0 Å². The third kappa shape index (κ3) is 5.25. The maximum atomic E-state index is 13.8. The molecule has 204 valence electrons. The van der Waals surface area contributed by atoms with E-state index in [-0.39, 0.29) is 17.7 Å². The van der Waals surface area contributed by atoms with Crippen LogP contribution in [0, 0.1) is 18.3 Å². The van der Waals surface area contributed by atoms with Gasteiger partial charge in [-0.3, -0.25) is 14.5 Å². The van der Waals surface area contributed by atoms with Crippen LogP contribution in [0.2, 0.25) is 0 Å². The average molecular weight is 545 g/mol. The van der Waals surface area contributed by atoms with Crippen LogP contribution in [-0.4, -0.2) is 40.7 Å². The first-order chi connectivity index (χ1) is 19.8. The first kappa shape index (κ1) is 27.2. The van der Waals surface area contributed by atoms with Crippen LogP contribution in [0.5, 0.6) is 11.5 Å². The third-order valence-corrected chi connectivity index (χ3v) is 7.06. The van der Waals surface area contributed by atoms with Crippen LogP contribution >= 0.6 is 0 Å². The second-order valence-electron chi connectivity index (χ2n) is 9.61. The van der Waals surface area contributed by atoms with Crippen molar-refractivity contribution in [1.29, 1.82) is 5.26 Å². The second-order valence-corrected chi connectivity index (χ2v) is 9.61. The molecule has 1 aliphatic heterocycles. The standard InChI is InChI=1S/C33H28N4O4/c1-21-16-24(12-15-30(21)41-4)31-25(20-37(35-31)26-8-6-5-7-9-26)17-28-22(2)29(18-34)33(39)36(32(28)38)19-23-10-13-27(40-3)14-11-23/h5-17,20H,19H2,1-4H3/b28-17+. The van der Waals surface area contributed by atoms with Crippen molar-refractivity contribution in [3.63, 3.8) is 0 Å². The molecule has 41 heavy (non-hydrogen) atoms. The number of nitriles is 1. The monoisotopic (exact) mass is 544 g/mol. The van der Waals surface area contributed by atoms with Gasteiger partial charge in [0.05, 0.1) is 32.1 Å². The van der Waals surface area contributed by atoms with Crippen LogP contribution in [0.1, 0.15) is 23.6 Å². The van der Waals surface area contributed by atoms with Gasteiger partial charge in [0, 0.05) is 22.9 Å². The van der Waals surface area contributed by atoms with Crippen LogP contribution in [0.15, 0.2) is 95.7 Å². The number of carbonyl (C=O) groups is 2. The number of para-hydroxylation sites is 1. The number of aryl methyl sites for hydroxylation is 1. The normalized spacial score (nSPS) is 14.4. The average Bonchev–Trinajstić information content (AvgIpc) is 3.42. The van der Waals surface area contributed by atoms with Gasteiger partial charge >= 0.3 is 0 Å². The van der Waals surface area contributed by atoms with Crippen LogP contribution in [-0.2, 0) is 16.1 Å². The molecule has 3 aromatic carbocycles. The van der Waals surface area contributed by atoms with Gasteiger partial charge in [-0.15, -0.1) is 0 Å². The zero-order valence-corrected chi connectivity index (χ0v) is 23.2. The molecule has 0 N–H and O–H groups in total. The number of carbonyl (C=O) groups excluding carboxylic acids is 2. The molecule has 0 bridgehead atoms. The van der Waals surface area contributed by atoms with E-state index < -0.39 is 11.8 Å². The maximum absolute atomic E-state index is 13.8. The van der Waals surface area contributed by atoms with Crippen molar-refractivity contribution in [2.45, 2.75) is 20.4 Å². The van der Waals surface area contributed by atoms with Crippen molar-refractivity contribution < 1.29 is 19.1 Å². The highest BCUT2D eigenvalue weighted by atomic mass is 16.5. The maximum Gasteiger partial charge on any atom is 0.271 e. The number of benzene rings is 3. The minimum absolute atomic E-state index is 0.0191. The Morgan fingerprint density at radius 1 is 0.927 bits per heavy atom. The molecule has 4 aromatic rings. The number of nitrogens with zero attached hydrogens (tertiary/aromatic N) is 4. The summed E-state index contributed by atoms with van der Waals surface area (Å²) in [7, 11) is 3.19. The molecule has 0 saturated carbocycles. The Hall–Kier alpha value is -5.42. The molecular formula is C33H28N4O4. The molecule has 0 radical (unpaired) electrons. The predicted octanol–water partition coefficient (Wildman–Crippen LogP) is 5.66. The number of aromatic nitrogens is 2. The Morgan fingerprint density at radius 2 is 1.66 bits per heavy atom. The third-order valence-electron chi connectivity index (χ3n) is 7.06. The van der Waals surface area contributed by atoms with E-state index >= 15 is 0 Å². The molecule has 1 aliphatic rings. The predicted molar refractivity (Wildman–Crippen MR) is 155 cm³/mol. The highest BCUT2D eigenvalue weighted by Gasteiger charge is 2.35. The van der Waals surface area contributed by atoms with E-state index in [0.29, 0.717) is 22.6 Å². The van der Waals surface area contributed by atoms with Crippen molar-refractivity contribution >= 4 is 17.9 Å². The molecule has 0 saturated heterocycles. The lowest BCUT2D eigenvalue weighted by molar-refractivity contribution is -0.141. The molecule has 0 fully saturated rings. The van der Waals surface area contributed by atoms with Gasteiger partial charge in [0.15, 0.2) is 0 Å². The molecule has 8 heteroatoms. The van der Waals surface area contributed by atoms with Gasteiger partial charge in [-0.05, 0) is 79.1 Å². The summed E-state index contributed by atoms with van der Waals surface area (Å²) in [4.78, 5) is 28.2. The smallest absolute Gasteiger partial charge is 0.271 e. The Morgan fingerprint density at radius 3 is 2.29 bits per heavy atom. The SMILES string of the molecule is COc1ccc(CN2C(=O)C(C#N)=C(C)/C(=C\c3cn(-c4ccccc4)nc3-c3ccc(OC)c(C)c3)C2=O)cc1. The Kier molecular flexibility index (Phi) is 7.53. The Bertz CT molecular complexity index is 1740. The van der Waals surface area contributed by atoms with Crippen molar-refractivity contribution in [2.75, 3.05) is 14.2 Å². The van der Waals surface area contributed by atoms with E-state index in [9.17, 15) is 14.9 Å². The number of hydrogen-bond acceptors (Lipinski definition) is 6. The van der Waals surface area contributed by atoms with E-state index in [2.05, 4.69) is 0 Å². The summed E-state index contributed by atoms with van der Waals surface area (Å²) in [6.07, 6.45) is 3.55. The van der Waals surface area contributed by atoms with Gasteiger partial charge in [-0.25, -0.2) is 4.68 Å². The summed E-state index contributed by atoms with van der Waals surface area (Å²) in [5.74, 6) is 0.320. The first-order valence-corrected chi connectivity index (χ1v) is 13.0. The highest BCUT2D eigenvalue weighted by molar-refractivity contribution is 6.19. The van der Waals surface area contributed by atoms with Crippen LogP contribution in [0.25, 0.3) is 23.0 Å². The number of methoxy groups -OCH3 is 2. The number of ether oxygens (including phenoxy) is 2. The van der Waals surface area contributed by atoms with E-state index in [1.54, 1.807) is 56.2 Å². The summed E-state index contributed by atoms with van der Waals surface area (Å²) < 4.78 is 12.4. The quantitative estimate of drug-likeness (QED) is 0.220. The fourth-order valence-electron chi connectivity index (χ4n) is 4.80. The Labute approximate surface area is 238 Å². The van der Waals surface area contributed by atoms with E-state index in [0.717, 1.165) is 33.0 Å². The first-order valence-electron chi connectivity index (χ1n) is 13.0. The van der Waals surface area contributed by atoms with Gasteiger partial charge < -0.3 is 9.47 Å². The topological polar surface area (TPSA) is 97.5 Å². The molecule has 0 spiro atoms. The van der Waals surface area contributed by atoms with Crippen molar-refractivity contribution in [2.24, 2.45) is 0 Å². The molecule has 1 aromatic heterocycles. The fourth-order valence-corrected chi connectivity index (χ4v) is 4.80. The number of amides is 2. The van der Waals surface area contributed by atoms with Gasteiger partial charge in [0.2, 0.25) is 0 Å². The van der Waals surface area contributed by atoms with Crippen molar-refractivity contribution in [1.82, 2.24) is 14.7 Å². The Balaban J connectivity index is 1.63. The van der Waals surface area contributed by atoms with Gasteiger partial charge in [0.25, 0.3) is 11.8 Å². The summed E-state index contributed by atoms with van der Waals surface area (Å²) >= 11 is 0. The molecule has 5 rings (SSSR count). The molecule has 0 unspecified atom stereocenters. The summed E-state index contributed by atoms with van der Waals surface area (Å²) in [5.41, 5.74) is 5.18. The lowest BCUT2D eigenvalue weighted by Crippen LogP contribution is -2.42. The van der Waals surface area contributed by atoms with Crippen LogP contribution < -0.4 is 9.47 Å². The van der Waals surface area contributed by atoms with E-state index in [4.69, 9.17) is 14.6 Å². The number of rotatable bonds is 7. The molecule has 2 heterocycles. The second kappa shape index (κ2) is 11.4. The summed E-state index contributed by atoms with van der Waals surface area (Å²) in [6, 6.07) is 24.5. The van der Waals surface area contributed by atoms with Gasteiger partial charge in [0.1, 0.15) is 23.1 Å². The van der Waals surface area contributed by atoms with E-state index in [1.165, 1.54) is 0 Å². The zero-order chi connectivity index (χ0) is 29.1. The van der Waals surface area contributed by atoms with Crippen molar-refractivity contribution in [3.05, 3.63) is 112 Å². The fraction of sp³-hybridized carbons (Fsp3) is 0.152. The summed E-state index contributed by atoms with van der Waals surface area (Å²) in [6.45, 7) is 3.60.